The van der Waals surface area contributed by atoms with Gasteiger partial charge in [-0.2, -0.15) is 5.10 Å². The fraction of sp³-hybridized carbons (Fsp3) is 0.528. The lowest BCUT2D eigenvalue weighted by atomic mass is 9.39. The summed E-state index contributed by atoms with van der Waals surface area (Å²) < 4.78 is 1.98. The Hall–Kier alpha value is -4.09. The third-order valence-electron chi connectivity index (χ3n) is 10.2. The number of carbonyl (C=O) groups excluding carboxylic acids is 2. The van der Waals surface area contributed by atoms with E-state index >= 15 is 0 Å². The molecule has 1 aliphatic heterocycles. The number of hydrogen-bond donors (Lipinski definition) is 3. The Morgan fingerprint density at radius 1 is 1.06 bits per heavy atom. The van der Waals surface area contributed by atoms with Crippen molar-refractivity contribution in [3.8, 4) is 0 Å². The Labute approximate surface area is 276 Å². The number of carboxylic acids is 1. The largest absolute Gasteiger partial charge is 0.481 e. The van der Waals surface area contributed by atoms with Crippen LogP contribution >= 0.6 is 0 Å². The van der Waals surface area contributed by atoms with Gasteiger partial charge in [-0.25, -0.2) is 9.50 Å². The second-order valence-corrected chi connectivity index (χ2v) is 14.0. The molecular weight excluding hydrogens is 594 g/mol. The Kier molecular flexibility index (Phi) is 9.48. The summed E-state index contributed by atoms with van der Waals surface area (Å²) >= 11 is 0. The lowest BCUT2D eigenvalue weighted by Gasteiger charge is -2.71. The van der Waals surface area contributed by atoms with Gasteiger partial charge >= 0.3 is 5.97 Å². The van der Waals surface area contributed by atoms with Crippen LogP contribution in [-0.4, -0.2) is 98.6 Å². The molecule has 1 atom stereocenters. The average Bonchev–Trinajstić information content (AvgIpc) is 3.36. The van der Waals surface area contributed by atoms with E-state index in [9.17, 15) is 14.4 Å². The number of aliphatic carboxylic acids is 1. The van der Waals surface area contributed by atoms with E-state index in [0.717, 1.165) is 94.1 Å². The van der Waals surface area contributed by atoms with Gasteiger partial charge in [0.1, 0.15) is 6.04 Å². The zero-order valence-corrected chi connectivity index (χ0v) is 27.8. The highest BCUT2D eigenvalue weighted by Gasteiger charge is 2.68. The molecule has 1 saturated heterocycles. The molecule has 11 nitrogen and oxygen atoms in total. The molecule has 1 unspecified atom stereocenters. The van der Waals surface area contributed by atoms with Crippen molar-refractivity contribution in [2.75, 3.05) is 39.3 Å². The molecule has 1 aromatic carbocycles. The third kappa shape index (κ3) is 7.26. The van der Waals surface area contributed by atoms with Crippen molar-refractivity contribution < 1.29 is 19.5 Å². The first kappa shape index (κ1) is 32.8. The SMILES string of the molecule is CCc1nn2c(C)cc(C)nc2c1Cc1ccc(/C=C/CN2CCN(CC34CC(NC(=O)C(CCC(=O)O)NC=O)(C3)C4)CC2)cc1. The van der Waals surface area contributed by atoms with E-state index in [1.807, 2.05) is 11.4 Å². The number of carbonyl (C=O) groups is 3. The van der Waals surface area contributed by atoms with Gasteiger partial charge in [0.25, 0.3) is 0 Å². The van der Waals surface area contributed by atoms with Crippen molar-refractivity contribution in [2.24, 2.45) is 5.41 Å². The Morgan fingerprint density at radius 3 is 2.43 bits per heavy atom. The molecule has 0 radical (unpaired) electrons. The van der Waals surface area contributed by atoms with Gasteiger partial charge in [0.15, 0.2) is 5.65 Å². The monoisotopic (exact) mass is 641 g/mol. The maximum Gasteiger partial charge on any atom is 0.303 e. The first-order chi connectivity index (χ1) is 22.6. The van der Waals surface area contributed by atoms with Crippen LogP contribution in [0.5, 0.6) is 0 Å². The molecule has 4 aliphatic rings. The van der Waals surface area contributed by atoms with E-state index in [2.05, 4.69) is 76.8 Å². The highest BCUT2D eigenvalue weighted by molar-refractivity contribution is 5.85. The molecule has 3 saturated carbocycles. The minimum Gasteiger partial charge on any atom is -0.481 e. The molecule has 7 rings (SSSR count). The van der Waals surface area contributed by atoms with Crippen LogP contribution in [0.1, 0.15) is 72.8 Å². The van der Waals surface area contributed by atoms with Gasteiger partial charge in [-0.05, 0) is 68.6 Å². The molecule has 4 fully saturated rings. The van der Waals surface area contributed by atoms with Crippen LogP contribution in [0, 0.1) is 19.3 Å². The fourth-order valence-electron chi connectivity index (χ4n) is 8.05. The van der Waals surface area contributed by atoms with Crippen LogP contribution in [0.15, 0.2) is 36.4 Å². The number of amides is 2. The lowest BCUT2D eigenvalue weighted by Crippen LogP contribution is -2.78. The van der Waals surface area contributed by atoms with E-state index in [1.54, 1.807) is 0 Å². The van der Waals surface area contributed by atoms with E-state index < -0.39 is 12.0 Å². The molecule has 250 valence electrons. The van der Waals surface area contributed by atoms with Gasteiger partial charge < -0.3 is 20.6 Å². The highest BCUT2D eigenvalue weighted by Crippen LogP contribution is 2.67. The zero-order chi connectivity index (χ0) is 33.2. The first-order valence-corrected chi connectivity index (χ1v) is 16.9. The maximum absolute atomic E-state index is 12.7. The van der Waals surface area contributed by atoms with Gasteiger partial charge in [-0.1, -0.05) is 43.3 Å². The number of aromatic nitrogens is 3. The molecule has 11 heteroatoms. The highest BCUT2D eigenvalue weighted by atomic mass is 16.4. The standard InChI is InChI=1S/C36H47N7O4/c1-4-30-29(33-38-25(2)18-26(3)43(33)40-30)19-28-9-7-27(8-10-28)6-5-13-41-14-16-42(17-15-41)23-35-20-36(21-35,22-35)39-34(47)31(37-24-44)11-12-32(45)46/h5-10,18,24,31H,4,11-17,19-23H2,1-3H3,(H,37,44)(H,39,47)(H,45,46)/b6-5+. The molecule has 3 aliphatic carbocycles. The summed E-state index contributed by atoms with van der Waals surface area (Å²) in [6.07, 6.45) is 9.44. The van der Waals surface area contributed by atoms with E-state index in [1.165, 1.54) is 16.7 Å². The second kappa shape index (κ2) is 13.6. The molecule has 47 heavy (non-hydrogen) atoms. The Morgan fingerprint density at radius 2 is 1.77 bits per heavy atom. The van der Waals surface area contributed by atoms with Gasteiger partial charge in [0.05, 0.1) is 5.69 Å². The molecule has 2 bridgehead atoms. The van der Waals surface area contributed by atoms with Gasteiger partial charge in [-0.3, -0.25) is 19.3 Å². The normalized spacial score (nSPS) is 23.3. The van der Waals surface area contributed by atoms with Crippen molar-refractivity contribution in [3.05, 3.63) is 70.2 Å². The first-order valence-electron chi connectivity index (χ1n) is 16.9. The van der Waals surface area contributed by atoms with E-state index in [0.29, 0.717) is 6.41 Å². The van der Waals surface area contributed by atoms with Crippen molar-refractivity contribution in [3.63, 3.8) is 0 Å². The Balaban J connectivity index is 0.923. The molecule has 2 amide bonds. The molecule has 3 aromatic rings. The summed E-state index contributed by atoms with van der Waals surface area (Å²) in [4.78, 5) is 44.4. The number of benzene rings is 1. The van der Waals surface area contributed by atoms with Crippen LogP contribution in [0.25, 0.3) is 11.7 Å². The van der Waals surface area contributed by atoms with Crippen molar-refractivity contribution in [1.82, 2.24) is 35.0 Å². The number of nitrogens with one attached hydrogen (secondary N) is 2. The summed E-state index contributed by atoms with van der Waals surface area (Å²) in [6, 6.07) is 10.1. The Bertz CT molecular complexity index is 1640. The molecule has 3 N–H and O–H groups in total. The van der Waals surface area contributed by atoms with Crippen LogP contribution < -0.4 is 10.6 Å². The molecule has 0 spiro atoms. The van der Waals surface area contributed by atoms with Crippen LogP contribution in [0.4, 0.5) is 0 Å². The van der Waals surface area contributed by atoms with E-state index in [4.69, 9.17) is 15.2 Å². The minimum atomic E-state index is -0.980. The van der Waals surface area contributed by atoms with E-state index in [-0.39, 0.29) is 29.7 Å². The number of nitrogens with zero attached hydrogens (tertiary/aromatic N) is 5. The predicted octanol–water partition coefficient (Wildman–Crippen LogP) is 3.15. The summed E-state index contributed by atoms with van der Waals surface area (Å²) in [5.41, 5.74) is 7.97. The number of rotatable bonds is 15. The smallest absolute Gasteiger partial charge is 0.303 e. The minimum absolute atomic E-state index is 0.0925. The second-order valence-electron chi connectivity index (χ2n) is 14.0. The number of fused-ring (bicyclic) bond motifs is 1. The van der Waals surface area contributed by atoms with Crippen molar-refractivity contribution in [1.29, 1.82) is 0 Å². The lowest BCUT2D eigenvalue weighted by molar-refractivity contribution is -0.176. The van der Waals surface area contributed by atoms with Crippen LogP contribution in [0.3, 0.4) is 0 Å². The van der Waals surface area contributed by atoms with Gasteiger partial charge in [0.2, 0.25) is 12.3 Å². The average molecular weight is 642 g/mol. The predicted molar refractivity (Wildman–Crippen MR) is 180 cm³/mol. The van der Waals surface area contributed by atoms with Crippen molar-refractivity contribution >= 4 is 30.0 Å². The van der Waals surface area contributed by atoms with Gasteiger partial charge in [0, 0.05) is 74.6 Å². The quantitative estimate of drug-likeness (QED) is 0.216. The molecule has 2 aromatic heterocycles. The third-order valence-corrected chi connectivity index (χ3v) is 10.2. The zero-order valence-electron chi connectivity index (χ0n) is 27.8. The van der Waals surface area contributed by atoms with Crippen LogP contribution in [-0.2, 0) is 27.2 Å². The summed E-state index contributed by atoms with van der Waals surface area (Å²) in [7, 11) is 0. The number of piperazine rings is 1. The summed E-state index contributed by atoms with van der Waals surface area (Å²) in [6.45, 7) is 12.4. The molecular formula is C36H47N7O4. The van der Waals surface area contributed by atoms with Crippen LogP contribution in [0.2, 0.25) is 0 Å². The molecule has 3 heterocycles. The topological polar surface area (TPSA) is 132 Å². The number of hydrogen-bond acceptors (Lipinski definition) is 7. The van der Waals surface area contributed by atoms with Gasteiger partial charge in [-0.15, -0.1) is 0 Å². The van der Waals surface area contributed by atoms with Crippen molar-refractivity contribution in [2.45, 2.75) is 77.3 Å². The number of carboxylic acid groups (broad SMARTS) is 1. The number of aryl methyl sites for hydroxylation is 3. The maximum atomic E-state index is 12.7. The summed E-state index contributed by atoms with van der Waals surface area (Å²) in [5.74, 6) is -1.26. The summed E-state index contributed by atoms with van der Waals surface area (Å²) in [5, 5.41) is 19.3. The fourth-order valence-corrected chi connectivity index (χ4v) is 8.05.